The fraction of sp³-hybridized carbons (Fsp3) is 0.214. The number of rotatable bonds is 0. The van der Waals surface area contributed by atoms with E-state index >= 15 is 0 Å². The summed E-state index contributed by atoms with van der Waals surface area (Å²) < 4.78 is 1.32. The number of thiophene rings is 1. The van der Waals surface area contributed by atoms with Gasteiger partial charge < -0.3 is 0 Å². The lowest BCUT2D eigenvalue weighted by Crippen LogP contribution is -1.71. The van der Waals surface area contributed by atoms with Crippen molar-refractivity contribution in [1.29, 1.82) is 0 Å². The van der Waals surface area contributed by atoms with Gasteiger partial charge in [-0.05, 0) is 31.2 Å². The van der Waals surface area contributed by atoms with E-state index in [0.717, 1.165) is 4.83 Å². The number of hydrogen-bond donors (Lipinski definition) is 0. The topological polar surface area (TPSA) is 12.9 Å². The molecule has 1 nitrogen and oxygen atoms in total. The Bertz CT molecular complexity index is 610. The molecular formula is C14H15NS. The first-order valence-electron chi connectivity index (χ1n) is 5.58. The van der Waals surface area contributed by atoms with Crippen LogP contribution >= 0.6 is 11.3 Å². The van der Waals surface area contributed by atoms with Crippen molar-refractivity contribution in [2.24, 2.45) is 0 Å². The van der Waals surface area contributed by atoms with Crippen molar-refractivity contribution in [3.63, 3.8) is 0 Å². The molecule has 2 heteroatoms. The summed E-state index contributed by atoms with van der Waals surface area (Å²) >= 11 is 1.76. The van der Waals surface area contributed by atoms with Crippen molar-refractivity contribution in [2.45, 2.75) is 20.8 Å². The molecule has 0 saturated heterocycles. The molecule has 2 heterocycles. The quantitative estimate of drug-likeness (QED) is 0.540. The third-order valence-electron chi connectivity index (χ3n) is 2.40. The van der Waals surface area contributed by atoms with E-state index in [9.17, 15) is 0 Å². The van der Waals surface area contributed by atoms with Crippen LogP contribution < -0.4 is 0 Å². The summed E-state index contributed by atoms with van der Waals surface area (Å²) in [6.45, 7) is 6.12. The zero-order valence-electron chi connectivity index (χ0n) is 9.82. The van der Waals surface area contributed by atoms with Gasteiger partial charge in [-0.1, -0.05) is 25.5 Å². The molecule has 0 aliphatic rings. The van der Waals surface area contributed by atoms with Crippen LogP contribution in [0.4, 0.5) is 0 Å². The molecule has 3 rings (SSSR count). The van der Waals surface area contributed by atoms with Gasteiger partial charge in [-0.2, -0.15) is 0 Å². The predicted molar refractivity (Wildman–Crippen MR) is 73.2 cm³/mol. The second-order valence-electron chi connectivity index (χ2n) is 3.46. The highest BCUT2D eigenvalue weighted by atomic mass is 32.1. The average molecular weight is 229 g/mol. The lowest BCUT2D eigenvalue weighted by molar-refractivity contribution is 1.45. The minimum atomic E-state index is 1.13. The molecular weight excluding hydrogens is 214 g/mol. The van der Waals surface area contributed by atoms with Crippen LogP contribution in [0.1, 0.15) is 19.4 Å². The Hall–Kier alpha value is -1.41. The van der Waals surface area contributed by atoms with Gasteiger partial charge >= 0.3 is 0 Å². The average Bonchev–Trinajstić information content (AvgIpc) is 2.70. The highest BCUT2D eigenvalue weighted by Crippen LogP contribution is 2.32. The summed E-state index contributed by atoms with van der Waals surface area (Å²) in [5.41, 5.74) is 1.31. The van der Waals surface area contributed by atoms with Gasteiger partial charge in [0.05, 0.1) is 0 Å². The standard InChI is InChI=1S/C12H9NS.C2H6/c1-8-4-5-11-10(7-8)9-3-2-6-13-12(9)14-11;1-2/h2-7H,1H3;1-2H3. The molecule has 1 aromatic carbocycles. The molecule has 2 aromatic heterocycles. The predicted octanol–water partition coefficient (Wildman–Crippen LogP) is 4.78. The summed E-state index contributed by atoms with van der Waals surface area (Å²) in [6.07, 6.45) is 1.85. The highest BCUT2D eigenvalue weighted by molar-refractivity contribution is 7.25. The Kier molecular flexibility index (Phi) is 3.20. The molecule has 0 saturated carbocycles. The number of fused-ring (bicyclic) bond motifs is 3. The van der Waals surface area contributed by atoms with Crippen molar-refractivity contribution in [3.05, 3.63) is 42.1 Å². The first-order chi connectivity index (χ1) is 7.84. The third-order valence-corrected chi connectivity index (χ3v) is 3.50. The molecule has 0 aliphatic carbocycles. The monoisotopic (exact) mass is 229 g/mol. The third kappa shape index (κ3) is 1.81. The van der Waals surface area contributed by atoms with Crippen molar-refractivity contribution in [1.82, 2.24) is 4.98 Å². The Balaban J connectivity index is 0.000000457. The van der Waals surface area contributed by atoms with Crippen LogP contribution in [-0.2, 0) is 0 Å². The van der Waals surface area contributed by atoms with Crippen LogP contribution in [0.2, 0.25) is 0 Å². The number of aromatic nitrogens is 1. The molecule has 0 spiro atoms. The maximum atomic E-state index is 4.37. The molecule has 0 atom stereocenters. The second kappa shape index (κ2) is 4.62. The zero-order valence-corrected chi connectivity index (χ0v) is 10.6. The lowest BCUT2D eigenvalue weighted by atomic mass is 10.1. The Morgan fingerprint density at radius 3 is 2.69 bits per heavy atom. The minimum Gasteiger partial charge on any atom is -0.245 e. The van der Waals surface area contributed by atoms with Crippen LogP contribution in [0.25, 0.3) is 20.3 Å². The van der Waals surface area contributed by atoms with Crippen molar-refractivity contribution in [3.8, 4) is 0 Å². The van der Waals surface area contributed by atoms with E-state index in [1.54, 1.807) is 11.3 Å². The number of nitrogens with zero attached hydrogens (tertiary/aromatic N) is 1. The fourth-order valence-corrected chi connectivity index (χ4v) is 2.75. The molecule has 0 radical (unpaired) electrons. The maximum Gasteiger partial charge on any atom is 0.124 e. The first kappa shape index (κ1) is 11.1. The number of aryl methyl sites for hydroxylation is 1. The first-order valence-corrected chi connectivity index (χ1v) is 6.40. The zero-order chi connectivity index (χ0) is 11.5. The Labute approximate surface area is 99.8 Å². The molecule has 0 amide bonds. The molecule has 0 unspecified atom stereocenters. The van der Waals surface area contributed by atoms with Crippen LogP contribution in [0, 0.1) is 6.92 Å². The molecule has 16 heavy (non-hydrogen) atoms. The van der Waals surface area contributed by atoms with Crippen LogP contribution in [0.3, 0.4) is 0 Å². The normalized spacial score (nSPS) is 10.2. The highest BCUT2D eigenvalue weighted by Gasteiger charge is 2.04. The van der Waals surface area contributed by atoms with Crippen LogP contribution in [0.15, 0.2) is 36.5 Å². The van der Waals surface area contributed by atoms with Gasteiger partial charge in [0.1, 0.15) is 4.83 Å². The largest absolute Gasteiger partial charge is 0.245 e. The molecule has 3 aromatic rings. The van der Waals surface area contributed by atoms with Gasteiger partial charge in [-0.3, -0.25) is 0 Å². The van der Waals surface area contributed by atoms with E-state index < -0.39 is 0 Å². The fourth-order valence-electron chi connectivity index (χ4n) is 1.72. The van der Waals surface area contributed by atoms with Crippen molar-refractivity contribution >= 4 is 31.6 Å². The van der Waals surface area contributed by atoms with E-state index in [0.29, 0.717) is 0 Å². The summed E-state index contributed by atoms with van der Waals surface area (Å²) in [7, 11) is 0. The second-order valence-corrected chi connectivity index (χ2v) is 4.49. The number of pyridine rings is 1. The smallest absolute Gasteiger partial charge is 0.124 e. The van der Waals surface area contributed by atoms with Gasteiger partial charge in [0, 0.05) is 21.7 Å². The summed E-state index contributed by atoms with van der Waals surface area (Å²) in [6, 6.07) is 10.7. The minimum absolute atomic E-state index is 1.13. The number of benzene rings is 1. The van der Waals surface area contributed by atoms with Crippen LogP contribution in [0.5, 0.6) is 0 Å². The number of hydrogen-bond acceptors (Lipinski definition) is 2. The van der Waals surface area contributed by atoms with Crippen molar-refractivity contribution < 1.29 is 0 Å². The molecule has 82 valence electrons. The van der Waals surface area contributed by atoms with Crippen LogP contribution in [-0.4, -0.2) is 4.98 Å². The Morgan fingerprint density at radius 1 is 1.06 bits per heavy atom. The molecule has 0 N–H and O–H groups in total. The van der Waals surface area contributed by atoms with Gasteiger partial charge in [0.15, 0.2) is 0 Å². The van der Waals surface area contributed by atoms with E-state index in [4.69, 9.17) is 0 Å². The van der Waals surface area contributed by atoms with Gasteiger partial charge in [-0.15, -0.1) is 11.3 Å². The lowest BCUT2D eigenvalue weighted by Gasteiger charge is -1.92. The molecule has 0 bridgehead atoms. The van der Waals surface area contributed by atoms with E-state index in [1.807, 2.05) is 26.1 Å². The van der Waals surface area contributed by atoms with E-state index in [-0.39, 0.29) is 0 Å². The maximum absolute atomic E-state index is 4.37. The molecule has 0 aliphatic heterocycles. The summed E-state index contributed by atoms with van der Waals surface area (Å²) in [4.78, 5) is 5.50. The summed E-state index contributed by atoms with van der Waals surface area (Å²) in [5, 5.41) is 2.61. The van der Waals surface area contributed by atoms with Crippen molar-refractivity contribution in [2.75, 3.05) is 0 Å². The van der Waals surface area contributed by atoms with Gasteiger partial charge in [-0.25, -0.2) is 4.98 Å². The van der Waals surface area contributed by atoms with Gasteiger partial charge in [0.2, 0.25) is 0 Å². The van der Waals surface area contributed by atoms with E-state index in [1.165, 1.54) is 21.0 Å². The Morgan fingerprint density at radius 2 is 1.88 bits per heavy atom. The van der Waals surface area contributed by atoms with E-state index in [2.05, 4.69) is 36.2 Å². The van der Waals surface area contributed by atoms with Gasteiger partial charge in [0.25, 0.3) is 0 Å². The molecule has 0 fully saturated rings. The SMILES string of the molecule is CC.Cc1ccc2sc3ncccc3c2c1. The summed E-state index contributed by atoms with van der Waals surface area (Å²) in [5.74, 6) is 0.